The van der Waals surface area contributed by atoms with Crippen LogP contribution in [0, 0.1) is 5.92 Å². The molecule has 1 aromatic rings. The van der Waals surface area contributed by atoms with E-state index < -0.39 is 23.0 Å². The van der Waals surface area contributed by atoms with Gasteiger partial charge in [-0.15, -0.1) is 0 Å². The zero-order valence-corrected chi connectivity index (χ0v) is 10.1. The molecule has 2 rings (SSSR count). The molecule has 1 saturated heterocycles. The van der Waals surface area contributed by atoms with Gasteiger partial charge in [0.15, 0.2) is 11.1 Å². The topological polar surface area (TPSA) is 94.9 Å². The monoisotopic (exact) mass is 269 g/mol. The van der Waals surface area contributed by atoms with Crippen molar-refractivity contribution in [3.63, 3.8) is 0 Å². The van der Waals surface area contributed by atoms with Crippen LogP contribution in [-0.2, 0) is 20.7 Å². The highest BCUT2D eigenvalue weighted by Crippen LogP contribution is 2.25. The number of aliphatic carboxylic acids is 1. The van der Waals surface area contributed by atoms with Crippen molar-refractivity contribution in [2.45, 2.75) is 11.3 Å². The number of benzene rings is 1. The molecule has 0 aromatic heterocycles. The fraction of sp³-hybridized carbons (Fsp3) is 0.273. The Balaban J connectivity index is 2.19. The predicted molar refractivity (Wildman–Crippen MR) is 63.6 cm³/mol. The quantitative estimate of drug-likeness (QED) is 0.788. The Kier molecular flexibility index (Phi) is 3.44. The average Bonchev–Trinajstić information content (AvgIpc) is 2.71. The predicted octanol–water partition coefficient (Wildman–Crippen LogP) is 0.705. The van der Waals surface area contributed by atoms with Crippen LogP contribution in [0.15, 0.2) is 29.2 Å². The van der Waals surface area contributed by atoms with Gasteiger partial charge in [0.1, 0.15) is 0 Å². The first-order valence-corrected chi connectivity index (χ1v) is 6.34. The van der Waals surface area contributed by atoms with Gasteiger partial charge in [-0.2, -0.15) is 0 Å². The van der Waals surface area contributed by atoms with Crippen molar-refractivity contribution in [2.24, 2.45) is 5.92 Å². The number of hydrogen-bond acceptors (Lipinski definition) is 3. The van der Waals surface area contributed by atoms with Crippen molar-refractivity contribution in [3.05, 3.63) is 24.3 Å². The summed E-state index contributed by atoms with van der Waals surface area (Å²) in [7, 11) is 0. The van der Waals surface area contributed by atoms with Crippen molar-refractivity contribution < 1.29 is 23.5 Å². The van der Waals surface area contributed by atoms with E-state index in [9.17, 15) is 13.8 Å². The molecule has 1 aliphatic heterocycles. The number of carboxylic acid groups (broad SMARTS) is 1. The molecule has 0 spiro atoms. The number of nitrogens with zero attached hydrogens (tertiary/aromatic N) is 1. The van der Waals surface area contributed by atoms with Crippen LogP contribution in [0.1, 0.15) is 6.42 Å². The van der Waals surface area contributed by atoms with E-state index in [0.29, 0.717) is 5.69 Å². The Morgan fingerprint density at radius 2 is 1.94 bits per heavy atom. The van der Waals surface area contributed by atoms with Gasteiger partial charge < -0.3 is 14.6 Å². The third kappa shape index (κ3) is 2.41. The normalized spacial score (nSPS) is 21.1. The summed E-state index contributed by atoms with van der Waals surface area (Å²) >= 11 is -2.06. The number of rotatable bonds is 3. The van der Waals surface area contributed by atoms with Gasteiger partial charge in [0.05, 0.1) is 10.8 Å². The lowest BCUT2D eigenvalue weighted by molar-refractivity contribution is -0.141. The molecule has 1 amide bonds. The van der Waals surface area contributed by atoms with Crippen LogP contribution in [0.2, 0.25) is 0 Å². The smallest absolute Gasteiger partial charge is 0.308 e. The van der Waals surface area contributed by atoms with Crippen LogP contribution in [0.4, 0.5) is 5.69 Å². The SMILES string of the molecule is O=C(O)C1CC(=O)N(c2ccc(S(=O)O)cc2)C1. The van der Waals surface area contributed by atoms with Gasteiger partial charge in [-0.3, -0.25) is 9.59 Å². The molecule has 2 unspecified atom stereocenters. The Morgan fingerprint density at radius 1 is 1.33 bits per heavy atom. The summed E-state index contributed by atoms with van der Waals surface area (Å²) in [6.07, 6.45) is -0.0109. The number of amides is 1. The molecule has 0 bridgehead atoms. The summed E-state index contributed by atoms with van der Waals surface area (Å²) in [4.78, 5) is 24.1. The summed E-state index contributed by atoms with van der Waals surface area (Å²) < 4.78 is 19.7. The van der Waals surface area contributed by atoms with Crippen LogP contribution in [-0.4, -0.2) is 32.3 Å². The van der Waals surface area contributed by atoms with Crippen LogP contribution in [0.5, 0.6) is 0 Å². The summed E-state index contributed by atoms with van der Waals surface area (Å²) in [5, 5.41) is 8.86. The first-order chi connectivity index (χ1) is 8.49. The van der Waals surface area contributed by atoms with Crippen molar-refractivity contribution in [3.8, 4) is 0 Å². The van der Waals surface area contributed by atoms with E-state index in [1.165, 1.54) is 29.2 Å². The van der Waals surface area contributed by atoms with Gasteiger partial charge in [-0.25, -0.2) is 4.21 Å². The summed E-state index contributed by atoms with van der Waals surface area (Å²) in [6.45, 7) is 0.135. The van der Waals surface area contributed by atoms with Crippen molar-refractivity contribution in [1.82, 2.24) is 0 Å². The zero-order chi connectivity index (χ0) is 13.3. The lowest BCUT2D eigenvalue weighted by Gasteiger charge is -2.16. The molecule has 7 heteroatoms. The van der Waals surface area contributed by atoms with Gasteiger partial charge in [0, 0.05) is 18.7 Å². The Hall–Kier alpha value is -1.73. The number of carboxylic acids is 1. The molecule has 1 fully saturated rings. The van der Waals surface area contributed by atoms with Crippen LogP contribution < -0.4 is 4.90 Å². The van der Waals surface area contributed by atoms with Gasteiger partial charge in [0.2, 0.25) is 5.91 Å². The van der Waals surface area contributed by atoms with E-state index >= 15 is 0 Å². The maximum atomic E-state index is 11.7. The summed E-state index contributed by atoms with van der Waals surface area (Å²) in [5.74, 6) is -1.93. The minimum atomic E-state index is -2.06. The van der Waals surface area contributed by atoms with E-state index in [1.54, 1.807) is 0 Å². The van der Waals surface area contributed by atoms with E-state index in [-0.39, 0.29) is 23.8 Å². The first kappa shape index (κ1) is 12.7. The highest BCUT2D eigenvalue weighted by Gasteiger charge is 2.34. The van der Waals surface area contributed by atoms with Crippen molar-refractivity contribution in [2.75, 3.05) is 11.4 Å². The highest BCUT2D eigenvalue weighted by molar-refractivity contribution is 7.79. The third-order valence-electron chi connectivity index (χ3n) is 2.82. The molecule has 1 aromatic carbocycles. The molecule has 2 atom stereocenters. The molecule has 2 N–H and O–H groups in total. The second-order valence-electron chi connectivity index (χ2n) is 3.99. The number of anilines is 1. The average molecular weight is 269 g/mol. The maximum Gasteiger partial charge on any atom is 0.308 e. The Bertz CT molecular complexity index is 513. The lowest BCUT2D eigenvalue weighted by Crippen LogP contribution is -2.25. The van der Waals surface area contributed by atoms with Crippen molar-refractivity contribution in [1.29, 1.82) is 0 Å². The van der Waals surface area contributed by atoms with Gasteiger partial charge in [-0.1, -0.05) is 0 Å². The first-order valence-electron chi connectivity index (χ1n) is 5.23. The van der Waals surface area contributed by atoms with E-state index in [2.05, 4.69) is 0 Å². The second-order valence-corrected chi connectivity index (χ2v) is 4.96. The molecule has 0 saturated carbocycles. The number of carbonyl (C=O) groups excluding carboxylic acids is 1. The Morgan fingerprint density at radius 3 is 2.39 bits per heavy atom. The van der Waals surface area contributed by atoms with Gasteiger partial charge in [0.25, 0.3) is 0 Å². The Labute approximate surface area is 106 Å². The molecule has 1 aliphatic rings. The molecular weight excluding hydrogens is 258 g/mol. The van der Waals surface area contributed by atoms with Crippen molar-refractivity contribution >= 4 is 28.6 Å². The van der Waals surface area contributed by atoms with Crippen LogP contribution in [0.25, 0.3) is 0 Å². The van der Waals surface area contributed by atoms with E-state index in [4.69, 9.17) is 9.66 Å². The molecule has 96 valence electrons. The van der Waals surface area contributed by atoms with Crippen LogP contribution >= 0.6 is 0 Å². The second kappa shape index (κ2) is 4.87. The fourth-order valence-corrected chi connectivity index (χ4v) is 2.23. The number of hydrogen-bond donors (Lipinski definition) is 2. The molecule has 0 radical (unpaired) electrons. The summed E-state index contributed by atoms with van der Waals surface area (Å²) in [6, 6.07) is 5.94. The third-order valence-corrected chi connectivity index (χ3v) is 3.50. The van der Waals surface area contributed by atoms with Gasteiger partial charge >= 0.3 is 5.97 Å². The van der Waals surface area contributed by atoms with E-state index in [0.717, 1.165) is 0 Å². The minimum absolute atomic E-state index is 0.0109. The van der Waals surface area contributed by atoms with Gasteiger partial charge in [-0.05, 0) is 24.3 Å². The largest absolute Gasteiger partial charge is 0.481 e. The standard InChI is InChI=1S/C11H11NO5S/c13-10-5-7(11(14)15)6-12(10)8-1-3-9(4-2-8)18(16)17/h1-4,7H,5-6H2,(H,14,15)(H,16,17). The van der Waals surface area contributed by atoms with Crippen LogP contribution in [0.3, 0.4) is 0 Å². The fourth-order valence-electron chi connectivity index (χ4n) is 1.87. The zero-order valence-electron chi connectivity index (χ0n) is 9.28. The van der Waals surface area contributed by atoms with E-state index in [1.807, 2.05) is 0 Å². The molecule has 18 heavy (non-hydrogen) atoms. The maximum absolute atomic E-state index is 11.7. The molecule has 1 heterocycles. The lowest BCUT2D eigenvalue weighted by atomic mass is 10.1. The minimum Gasteiger partial charge on any atom is -0.481 e. The molecular formula is C11H11NO5S. The highest BCUT2D eigenvalue weighted by atomic mass is 32.2. The number of carbonyl (C=O) groups is 2. The molecule has 0 aliphatic carbocycles. The summed E-state index contributed by atoms with van der Waals surface area (Å²) in [5.41, 5.74) is 0.540. The molecule has 6 nitrogen and oxygen atoms in total.